The van der Waals surface area contributed by atoms with Crippen molar-refractivity contribution < 1.29 is 14.3 Å². The number of rotatable bonds is 3. The number of hydrogen-bond acceptors (Lipinski definition) is 2. The first-order chi connectivity index (χ1) is 7.60. The third-order valence-electron chi connectivity index (χ3n) is 2.13. The van der Waals surface area contributed by atoms with Crippen molar-refractivity contribution in [1.82, 2.24) is 4.90 Å². The van der Waals surface area contributed by atoms with Crippen molar-refractivity contribution in [2.45, 2.75) is 6.92 Å². The lowest BCUT2D eigenvalue weighted by Gasteiger charge is -2.18. The van der Waals surface area contributed by atoms with Crippen LogP contribution in [0.2, 0.25) is 0 Å². The van der Waals surface area contributed by atoms with Gasteiger partial charge in [-0.1, -0.05) is 5.92 Å². The van der Waals surface area contributed by atoms with Crippen molar-refractivity contribution in [3.8, 4) is 18.1 Å². The highest BCUT2D eigenvalue weighted by molar-refractivity contribution is 5.94. The molecule has 84 valence electrons. The van der Waals surface area contributed by atoms with E-state index in [1.54, 1.807) is 6.92 Å². The summed E-state index contributed by atoms with van der Waals surface area (Å²) in [5.41, 5.74) is -0.0881. The quantitative estimate of drug-likeness (QED) is 0.788. The number of phenols is 1. The van der Waals surface area contributed by atoms with E-state index in [1.807, 2.05) is 0 Å². The molecule has 0 aromatic heterocycles. The summed E-state index contributed by atoms with van der Waals surface area (Å²) in [6.45, 7) is 2.30. The molecule has 4 heteroatoms. The smallest absolute Gasteiger partial charge is 0.257 e. The van der Waals surface area contributed by atoms with Gasteiger partial charge in [-0.15, -0.1) is 6.42 Å². The van der Waals surface area contributed by atoms with Crippen molar-refractivity contribution in [2.24, 2.45) is 0 Å². The van der Waals surface area contributed by atoms with Crippen LogP contribution in [-0.2, 0) is 0 Å². The van der Waals surface area contributed by atoms with Gasteiger partial charge in [-0.05, 0) is 19.1 Å². The van der Waals surface area contributed by atoms with Gasteiger partial charge >= 0.3 is 0 Å². The topological polar surface area (TPSA) is 40.5 Å². The van der Waals surface area contributed by atoms with Gasteiger partial charge in [0.1, 0.15) is 11.6 Å². The Labute approximate surface area is 93.5 Å². The lowest BCUT2D eigenvalue weighted by atomic mass is 10.1. The van der Waals surface area contributed by atoms with E-state index in [0.29, 0.717) is 6.54 Å². The minimum Gasteiger partial charge on any atom is -0.508 e. The molecule has 0 heterocycles. The second-order valence-electron chi connectivity index (χ2n) is 3.19. The molecule has 3 nitrogen and oxygen atoms in total. The van der Waals surface area contributed by atoms with E-state index >= 15 is 0 Å². The molecular formula is C12H12FNO2. The average molecular weight is 221 g/mol. The number of amides is 1. The number of halogens is 1. The van der Waals surface area contributed by atoms with E-state index in [0.717, 1.165) is 6.07 Å². The summed E-state index contributed by atoms with van der Waals surface area (Å²) in [4.78, 5) is 13.1. The van der Waals surface area contributed by atoms with Gasteiger partial charge in [-0.3, -0.25) is 4.79 Å². The van der Waals surface area contributed by atoms with Gasteiger partial charge in [0.15, 0.2) is 0 Å². The number of terminal acetylenes is 1. The Morgan fingerprint density at radius 2 is 2.31 bits per heavy atom. The standard InChI is InChI=1S/C12H12FNO2/c1-3-7-14(4-2)12(16)10-6-5-9(15)8-11(10)13/h1,5-6,8,15H,4,7H2,2H3. The highest BCUT2D eigenvalue weighted by Gasteiger charge is 2.17. The third-order valence-corrected chi connectivity index (χ3v) is 2.13. The molecule has 0 unspecified atom stereocenters. The van der Waals surface area contributed by atoms with Crippen molar-refractivity contribution in [3.05, 3.63) is 29.6 Å². The molecule has 1 aromatic rings. The predicted octanol–water partition coefficient (Wildman–Crippen LogP) is 1.63. The Morgan fingerprint density at radius 3 is 2.81 bits per heavy atom. The molecule has 0 saturated carbocycles. The van der Waals surface area contributed by atoms with Crippen molar-refractivity contribution in [1.29, 1.82) is 0 Å². The summed E-state index contributed by atoms with van der Waals surface area (Å²) in [7, 11) is 0. The van der Waals surface area contributed by atoms with Crippen LogP contribution in [0.15, 0.2) is 18.2 Å². The summed E-state index contributed by atoms with van der Waals surface area (Å²) in [6, 6.07) is 3.41. The number of benzene rings is 1. The van der Waals surface area contributed by atoms with Gasteiger partial charge in [0, 0.05) is 12.6 Å². The Bertz CT molecular complexity index is 437. The number of carbonyl (C=O) groups excluding carboxylic acids is 1. The third kappa shape index (κ3) is 2.51. The van der Waals surface area contributed by atoms with Crippen LogP contribution >= 0.6 is 0 Å². The minimum atomic E-state index is -0.750. The van der Waals surface area contributed by atoms with Crippen molar-refractivity contribution in [3.63, 3.8) is 0 Å². The SMILES string of the molecule is C#CCN(CC)C(=O)c1ccc(O)cc1F. The van der Waals surface area contributed by atoms with E-state index in [9.17, 15) is 9.18 Å². The highest BCUT2D eigenvalue weighted by atomic mass is 19.1. The number of nitrogens with zero attached hydrogens (tertiary/aromatic N) is 1. The van der Waals surface area contributed by atoms with Crippen molar-refractivity contribution >= 4 is 5.91 Å². The number of carbonyl (C=O) groups is 1. The molecule has 1 amide bonds. The van der Waals surface area contributed by atoms with Gasteiger partial charge in [-0.25, -0.2) is 4.39 Å². The molecule has 0 bridgehead atoms. The van der Waals surface area contributed by atoms with Gasteiger partial charge in [0.05, 0.1) is 12.1 Å². The monoisotopic (exact) mass is 221 g/mol. The zero-order valence-electron chi connectivity index (χ0n) is 8.90. The van der Waals surface area contributed by atoms with Crippen LogP contribution in [0.25, 0.3) is 0 Å². The lowest BCUT2D eigenvalue weighted by Crippen LogP contribution is -2.31. The fourth-order valence-corrected chi connectivity index (χ4v) is 1.29. The maximum atomic E-state index is 13.4. The van der Waals surface area contributed by atoms with Crippen LogP contribution in [0.3, 0.4) is 0 Å². The molecule has 16 heavy (non-hydrogen) atoms. The fraction of sp³-hybridized carbons (Fsp3) is 0.250. The average Bonchev–Trinajstić information content (AvgIpc) is 2.25. The summed E-state index contributed by atoms with van der Waals surface area (Å²) in [6.07, 6.45) is 5.11. The number of aromatic hydroxyl groups is 1. The second kappa shape index (κ2) is 5.17. The molecule has 0 radical (unpaired) electrons. The fourth-order valence-electron chi connectivity index (χ4n) is 1.29. The van der Waals surface area contributed by atoms with Crippen LogP contribution in [0.5, 0.6) is 5.75 Å². The summed E-state index contributed by atoms with van der Waals surface area (Å²) in [5, 5.41) is 9.02. The number of hydrogen-bond donors (Lipinski definition) is 1. The van der Waals surface area contributed by atoms with Gasteiger partial charge < -0.3 is 10.0 Å². The van der Waals surface area contributed by atoms with E-state index in [4.69, 9.17) is 11.5 Å². The summed E-state index contributed by atoms with van der Waals surface area (Å²) >= 11 is 0. The largest absolute Gasteiger partial charge is 0.508 e. The molecule has 1 rings (SSSR count). The molecule has 0 saturated heterocycles. The van der Waals surface area contributed by atoms with E-state index in [-0.39, 0.29) is 17.9 Å². The van der Waals surface area contributed by atoms with Crippen LogP contribution < -0.4 is 0 Å². The van der Waals surface area contributed by atoms with Crippen molar-refractivity contribution in [2.75, 3.05) is 13.1 Å². The van der Waals surface area contributed by atoms with E-state index < -0.39 is 11.7 Å². The van der Waals surface area contributed by atoms with Gasteiger partial charge in [-0.2, -0.15) is 0 Å². The molecule has 0 fully saturated rings. The van der Waals surface area contributed by atoms with Crippen LogP contribution in [0.4, 0.5) is 4.39 Å². The molecule has 0 aliphatic rings. The lowest BCUT2D eigenvalue weighted by molar-refractivity contribution is 0.0780. The van der Waals surface area contributed by atoms with E-state index in [2.05, 4.69) is 5.92 Å². The Balaban J connectivity index is 3.00. The first-order valence-corrected chi connectivity index (χ1v) is 4.81. The summed E-state index contributed by atoms with van der Waals surface area (Å²) < 4.78 is 13.4. The molecule has 0 spiro atoms. The zero-order valence-corrected chi connectivity index (χ0v) is 8.90. The predicted molar refractivity (Wildman–Crippen MR) is 58.5 cm³/mol. The molecular weight excluding hydrogens is 209 g/mol. The van der Waals surface area contributed by atoms with E-state index in [1.165, 1.54) is 17.0 Å². The highest BCUT2D eigenvalue weighted by Crippen LogP contribution is 2.16. The normalized spacial score (nSPS) is 9.56. The van der Waals surface area contributed by atoms with Crippen LogP contribution in [0, 0.1) is 18.2 Å². The Hall–Kier alpha value is -2.02. The first-order valence-electron chi connectivity index (χ1n) is 4.81. The molecule has 0 atom stereocenters. The molecule has 1 N–H and O–H groups in total. The Morgan fingerprint density at radius 1 is 1.62 bits per heavy atom. The molecule has 0 aliphatic heterocycles. The maximum absolute atomic E-state index is 13.4. The maximum Gasteiger partial charge on any atom is 0.257 e. The van der Waals surface area contributed by atoms with Crippen LogP contribution in [-0.4, -0.2) is 29.0 Å². The molecule has 0 aliphatic carbocycles. The number of phenolic OH excluding ortho intramolecular Hbond substituents is 1. The van der Waals surface area contributed by atoms with Crippen LogP contribution in [0.1, 0.15) is 17.3 Å². The Kier molecular flexibility index (Phi) is 3.90. The van der Waals surface area contributed by atoms with Gasteiger partial charge in [0.2, 0.25) is 0 Å². The minimum absolute atomic E-state index is 0.0881. The summed E-state index contributed by atoms with van der Waals surface area (Å²) in [5.74, 6) is 0.896. The zero-order chi connectivity index (χ0) is 12.1. The molecule has 1 aromatic carbocycles. The first kappa shape index (κ1) is 12.1. The second-order valence-corrected chi connectivity index (χ2v) is 3.19. The van der Waals surface area contributed by atoms with Gasteiger partial charge in [0.25, 0.3) is 5.91 Å².